The van der Waals surface area contributed by atoms with Crippen molar-refractivity contribution in [2.45, 2.75) is 62.9 Å². The molecule has 2 fully saturated rings. The third-order valence-electron chi connectivity index (χ3n) is 13.2. The van der Waals surface area contributed by atoms with Gasteiger partial charge in [0.2, 0.25) is 0 Å². The Morgan fingerprint density at radius 1 is 0.985 bits per heavy atom. The zero-order valence-electron chi connectivity index (χ0n) is 37.3. The maximum atomic E-state index is 15.9. The molecule has 1 amide bonds. The molecule has 15 nitrogen and oxygen atoms in total. The molecule has 9 rings (SSSR count). The monoisotopic (exact) mass is 958 g/mol. The molecule has 0 saturated carbocycles. The number of allylic oxidation sites excluding steroid dienone is 1. The van der Waals surface area contributed by atoms with Crippen LogP contribution in [0, 0.1) is 15.5 Å². The van der Waals surface area contributed by atoms with Crippen LogP contribution in [0.2, 0.25) is 5.02 Å². The molecule has 2 aromatic heterocycles. The quantitative estimate of drug-likeness (QED) is 0.0802. The van der Waals surface area contributed by atoms with Gasteiger partial charge in [-0.3, -0.25) is 19.8 Å². The van der Waals surface area contributed by atoms with E-state index in [0.717, 1.165) is 56.7 Å². The molecule has 0 spiro atoms. The number of fused-ring (bicyclic) bond motifs is 2. The van der Waals surface area contributed by atoms with Gasteiger partial charge in [0, 0.05) is 80.6 Å². The van der Waals surface area contributed by atoms with Crippen LogP contribution in [0.3, 0.4) is 0 Å². The number of aromatic amines is 1. The van der Waals surface area contributed by atoms with Crippen LogP contribution in [0.4, 0.5) is 37.2 Å². The number of halogens is 3. The first kappa shape index (κ1) is 46.5. The summed E-state index contributed by atoms with van der Waals surface area (Å²) in [5.41, 5.74) is 4.47. The fourth-order valence-corrected chi connectivity index (χ4v) is 10.6. The number of nitro groups is 1. The number of hydrogen-bond donors (Lipinski definition) is 3. The van der Waals surface area contributed by atoms with E-state index in [1.165, 1.54) is 28.8 Å². The van der Waals surface area contributed by atoms with Crippen LogP contribution in [0.5, 0.6) is 0 Å². The van der Waals surface area contributed by atoms with Gasteiger partial charge >= 0.3 is 0 Å². The molecule has 3 N–H and O–H groups in total. The summed E-state index contributed by atoms with van der Waals surface area (Å²) in [7, 11) is -4.71. The third-order valence-corrected chi connectivity index (χ3v) is 14.8. The van der Waals surface area contributed by atoms with Gasteiger partial charge < -0.3 is 29.6 Å². The SMILES string of the molecule is CC1(C)CCC(CN2CCN(c3ccc(C(=O)NS(=O)(=O)c4ccc(NCC5COCCO5)c([N+](=O)[O-])c4)c(N4CCCC(F)(F)c5nc6[nH]ccc6cc54)c3)CC2)=C(c2ccc(Cl)cc2)C1. The lowest BCUT2D eigenvalue weighted by atomic mass is 9.72. The Balaban J connectivity index is 1.01. The molecule has 0 bridgehead atoms. The first-order valence-electron chi connectivity index (χ1n) is 22.5. The van der Waals surface area contributed by atoms with Crippen molar-refractivity contribution < 1.29 is 36.4 Å². The maximum Gasteiger partial charge on any atom is 0.293 e. The highest BCUT2D eigenvalue weighted by atomic mass is 35.5. The van der Waals surface area contributed by atoms with Gasteiger partial charge in [-0.25, -0.2) is 18.1 Å². The van der Waals surface area contributed by atoms with Crippen LogP contribution in [0.1, 0.15) is 67.6 Å². The van der Waals surface area contributed by atoms with Gasteiger partial charge in [0.15, 0.2) is 0 Å². The second-order valence-corrected chi connectivity index (χ2v) is 20.6. The van der Waals surface area contributed by atoms with Crippen molar-refractivity contribution >= 4 is 72.6 Å². The molecule has 3 aliphatic heterocycles. The topological polar surface area (TPSA) is 175 Å². The van der Waals surface area contributed by atoms with Crippen molar-refractivity contribution in [2.75, 3.05) is 80.8 Å². The van der Waals surface area contributed by atoms with E-state index in [2.05, 4.69) is 55.8 Å². The molecule has 3 aromatic carbocycles. The molecule has 5 aromatic rings. The molecule has 1 unspecified atom stereocenters. The van der Waals surface area contributed by atoms with E-state index in [9.17, 15) is 23.3 Å². The number of nitrogens with zero attached hydrogens (tertiary/aromatic N) is 5. The summed E-state index contributed by atoms with van der Waals surface area (Å²) >= 11 is 6.26. The number of carbonyl (C=O) groups excluding carboxylic acids is 1. The summed E-state index contributed by atoms with van der Waals surface area (Å²) < 4.78 is 72.8. The van der Waals surface area contributed by atoms with E-state index in [-0.39, 0.29) is 59.3 Å². The van der Waals surface area contributed by atoms with Crippen LogP contribution >= 0.6 is 11.6 Å². The molecular weight excluding hydrogens is 906 g/mol. The van der Waals surface area contributed by atoms with Gasteiger partial charge in [-0.2, -0.15) is 8.78 Å². The summed E-state index contributed by atoms with van der Waals surface area (Å²) in [6, 6.07) is 19.7. The number of alkyl halides is 2. The van der Waals surface area contributed by atoms with E-state index < -0.39 is 49.5 Å². The molecule has 5 heterocycles. The number of carbonyl (C=O) groups is 1. The van der Waals surface area contributed by atoms with E-state index in [4.69, 9.17) is 21.1 Å². The van der Waals surface area contributed by atoms with Crippen molar-refractivity contribution in [1.29, 1.82) is 0 Å². The van der Waals surface area contributed by atoms with E-state index in [1.807, 2.05) is 12.1 Å². The highest BCUT2D eigenvalue weighted by Crippen LogP contribution is 2.46. The highest BCUT2D eigenvalue weighted by Gasteiger charge is 2.41. The lowest BCUT2D eigenvalue weighted by Gasteiger charge is -2.39. The molecule has 19 heteroatoms. The van der Waals surface area contributed by atoms with Gasteiger partial charge in [0.05, 0.1) is 52.7 Å². The number of nitrogens with one attached hydrogen (secondary N) is 3. The number of benzene rings is 3. The van der Waals surface area contributed by atoms with E-state index in [0.29, 0.717) is 43.3 Å². The first-order valence-corrected chi connectivity index (χ1v) is 24.4. The predicted molar refractivity (Wildman–Crippen MR) is 254 cm³/mol. The standard InChI is InChI=1S/C48H53ClF2N8O7S/c1-47(2)15-12-33(39(27-47)31-4-6-34(49)7-5-31)29-56-18-20-57(21-19-56)35-8-10-38(41(25-35)58-17-3-14-48(50,51)44-43(58)24-32-13-16-52-45(32)54-44)46(60)55-67(63,64)37-9-11-40(42(26-37)59(61)62)53-28-36-30-65-22-23-66-36/h4-11,13,16,24-26,36,53H,3,12,14-15,17-23,27-30H2,1-2H3,(H,52,54)(H,55,60). The van der Waals surface area contributed by atoms with Crippen LogP contribution in [-0.4, -0.2) is 106 Å². The van der Waals surface area contributed by atoms with Crippen LogP contribution in [-0.2, 0) is 25.4 Å². The molecule has 0 radical (unpaired) electrons. The number of aromatic nitrogens is 2. The van der Waals surface area contributed by atoms with Crippen LogP contribution in [0.15, 0.2) is 89.5 Å². The summed E-state index contributed by atoms with van der Waals surface area (Å²) in [4.78, 5) is 38.9. The van der Waals surface area contributed by atoms with Crippen molar-refractivity contribution in [3.05, 3.63) is 117 Å². The Labute approximate surface area is 392 Å². The summed E-state index contributed by atoms with van der Waals surface area (Å²) in [6.45, 7) is 9.58. The zero-order chi connectivity index (χ0) is 47.1. The molecule has 2 saturated heterocycles. The van der Waals surface area contributed by atoms with Gasteiger partial charge in [0.1, 0.15) is 17.0 Å². The fraction of sp³-hybridized carbons (Fsp3) is 0.417. The zero-order valence-corrected chi connectivity index (χ0v) is 38.9. The van der Waals surface area contributed by atoms with Gasteiger partial charge in [-0.15, -0.1) is 0 Å². The first-order chi connectivity index (χ1) is 32.0. The van der Waals surface area contributed by atoms with Gasteiger partial charge in [-0.05, 0) is 96.8 Å². The van der Waals surface area contributed by atoms with Crippen molar-refractivity contribution in [3.8, 4) is 0 Å². The largest absolute Gasteiger partial charge is 0.377 e. The minimum Gasteiger partial charge on any atom is -0.377 e. The number of piperazine rings is 1. The number of ether oxygens (including phenoxy) is 2. The number of H-pyrrole nitrogens is 1. The second-order valence-electron chi connectivity index (χ2n) is 18.4. The lowest BCUT2D eigenvalue weighted by molar-refractivity contribution is -0.384. The molecule has 354 valence electrons. The molecule has 67 heavy (non-hydrogen) atoms. The smallest absolute Gasteiger partial charge is 0.293 e. The molecule has 1 aliphatic carbocycles. The van der Waals surface area contributed by atoms with Crippen molar-refractivity contribution in [2.24, 2.45) is 5.41 Å². The number of nitro benzene ring substituents is 1. The van der Waals surface area contributed by atoms with Crippen molar-refractivity contribution in [1.82, 2.24) is 19.6 Å². The van der Waals surface area contributed by atoms with Crippen molar-refractivity contribution in [3.63, 3.8) is 0 Å². The Morgan fingerprint density at radius 2 is 1.78 bits per heavy atom. The summed E-state index contributed by atoms with van der Waals surface area (Å²) in [5, 5.41) is 16.4. The Kier molecular flexibility index (Phi) is 13.0. The predicted octanol–water partition coefficient (Wildman–Crippen LogP) is 8.88. The third kappa shape index (κ3) is 10.1. The summed E-state index contributed by atoms with van der Waals surface area (Å²) in [5.74, 6) is -4.34. The summed E-state index contributed by atoms with van der Waals surface area (Å²) in [6.07, 6.45) is 3.86. The Morgan fingerprint density at radius 3 is 2.52 bits per heavy atom. The lowest BCUT2D eigenvalue weighted by Crippen LogP contribution is -2.47. The van der Waals surface area contributed by atoms with Crippen LogP contribution < -0.4 is 19.8 Å². The number of hydrogen-bond acceptors (Lipinski definition) is 12. The maximum absolute atomic E-state index is 15.9. The highest BCUT2D eigenvalue weighted by molar-refractivity contribution is 7.90. The Bertz CT molecular complexity index is 2830. The molecular formula is C48H53ClF2N8O7S. The molecule has 4 aliphatic rings. The minimum absolute atomic E-state index is 0.0363. The van der Waals surface area contributed by atoms with Gasteiger partial charge in [-0.1, -0.05) is 43.2 Å². The molecule has 1 atom stereocenters. The van der Waals surface area contributed by atoms with E-state index in [1.54, 1.807) is 35.4 Å². The second kappa shape index (κ2) is 18.8. The number of pyridine rings is 1. The number of anilines is 4. The number of amides is 1. The van der Waals surface area contributed by atoms with Crippen LogP contribution in [0.25, 0.3) is 16.6 Å². The number of rotatable bonds is 12. The van der Waals surface area contributed by atoms with E-state index >= 15 is 8.78 Å². The number of sulfonamides is 1. The normalized spacial score (nSPS) is 20.0. The minimum atomic E-state index is -4.71. The average molecular weight is 960 g/mol. The van der Waals surface area contributed by atoms with Gasteiger partial charge in [0.25, 0.3) is 27.5 Å². The average Bonchev–Trinajstić information content (AvgIpc) is 3.73. The Hall–Kier alpha value is -5.66. The fourth-order valence-electron chi connectivity index (χ4n) is 9.52.